The summed E-state index contributed by atoms with van der Waals surface area (Å²) in [6, 6.07) is 18.4. The molecular formula is C26H32N2O4. The number of nitrogens with zero attached hydrogens (tertiary/aromatic N) is 1. The Morgan fingerprint density at radius 2 is 1.66 bits per heavy atom. The largest absolute Gasteiger partial charge is 0.378 e. The molecule has 32 heavy (non-hydrogen) atoms. The normalized spacial score (nSPS) is 19.8. The molecule has 0 spiro atoms. The van der Waals surface area contributed by atoms with Crippen molar-refractivity contribution in [3.63, 3.8) is 0 Å². The lowest BCUT2D eigenvalue weighted by atomic mass is 9.90. The summed E-state index contributed by atoms with van der Waals surface area (Å²) in [4.78, 5) is 25.8. The lowest BCUT2D eigenvalue weighted by Gasteiger charge is -2.33. The van der Waals surface area contributed by atoms with E-state index in [-0.39, 0.29) is 17.7 Å². The van der Waals surface area contributed by atoms with E-state index in [9.17, 15) is 9.59 Å². The van der Waals surface area contributed by atoms with Crippen molar-refractivity contribution in [3.8, 4) is 0 Å². The molecule has 0 saturated carbocycles. The number of ether oxygens (including phenoxy) is 2. The molecule has 2 amide bonds. The first-order chi connectivity index (χ1) is 15.7. The van der Waals surface area contributed by atoms with E-state index in [1.165, 1.54) is 11.3 Å². The summed E-state index contributed by atoms with van der Waals surface area (Å²) < 4.78 is 11.8. The zero-order chi connectivity index (χ0) is 22.2. The van der Waals surface area contributed by atoms with E-state index in [1.54, 1.807) is 0 Å². The van der Waals surface area contributed by atoms with Crippen LogP contribution in [0.25, 0.3) is 0 Å². The van der Waals surface area contributed by atoms with Crippen molar-refractivity contribution in [1.82, 2.24) is 5.32 Å². The van der Waals surface area contributed by atoms with E-state index in [0.29, 0.717) is 32.2 Å². The third-order valence-electron chi connectivity index (χ3n) is 6.24. The maximum atomic E-state index is 12.1. The van der Waals surface area contributed by atoms with E-state index < -0.39 is 0 Å². The maximum absolute atomic E-state index is 12.1. The summed E-state index contributed by atoms with van der Waals surface area (Å²) >= 11 is 0. The van der Waals surface area contributed by atoms with Gasteiger partial charge in [0.25, 0.3) is 0 Å². The highest BCUT2D eigenvalue weighted by molar-refractivity contribution is 6.00. The standard InChI is InChI=1S/C26H32N2O4/c29-25-12-11-24(26(30)27-25)21-7-9-22(10-8-21)28-15-13-23(14-16-28)32-18-4-17-31-19-20-5-2-1-3-6-20/h1-3,5-10,23-24H,4,11-19H2,(H,27,29,30). The van der Waals surface area contributed by atoms with Crippen molar-refractivity contribution in [2.24, 2.45) is 0 Å². The van der Waals surface area contributed by atoms with Gasteiger partial charge in [-0.1, -0.05) is 42.5 Å². The van der Waals surface area contributed by atoms with Gasteiger partial charge in [0.1, 0.15) is 0 Å². The molecule has 6 nitrogen and oxygen atoms in total. The summed E-state index contributed by atoms with van der Waals surface area (Å²) in [6.07, 6.45) is 4.24. The molecule has 4 rings (SSSR count). The average molecular weight is 437 g/mol. The number of benzene rings is 2. The van der Waals surface area contributed by atoms with Crippen LogP contribution in [0.2, 0.25) is 0 Å². The van der Waals surface area contributed by atoms with Crippen molar-refractivity contribution in [2.75, 3.05) is 31.2 Å². The lowest BCUT2D eigenvalue weighted by molar-refractivity contribution is -0.134. The van der Waals surface area contributed by atoms with Gasteiger partial charge in [0.15, 0.2) is 0 Å². The minimum atomic E-state index is -0.224. The number of hydrogen-bond donors (Lipinski definition) is 1. The number of nitrogens with one attached hydrogen (secondary N) is 1. The second kappa shape index (κ2) is 11.2. The number of carbonyl (C=O) groups excluding carboxylic acids is 2. The van der Waals surface area contributed by atoms with E-state index in [1.807, 2.05) is 30.3 Å². The van der Waals surface area contributed by atoms with Crippen molar-refractivity contribution in [1.29, 1.82) is 0 Å². The number of anilines is 1. The van der Waals surface area contributed by atoms with Gasteiger partial charge in [-0.3, -0.25) is 14.9 Å². The predicted octanol–water partition coefficient (Wildman–Crippen LogP) is 3.80. The van der Waals surface area contributed by atoms with Crippen LogP contribution in [-0.2, 0) is 25.7 Å². The van der Waals surface area contributed by atoms with Gasteiger partial charge in [-0.2, -0.15) is 0 Å². The average Bonchev–Trinajstić information content (AvgIpc) is 2.83. The molecule has 1 N–H and O–H groups in total. The predicted molar refractivity (Wildman–Crippen MR) is 123 cm³/mol. The van der Waals surface area contributed by atoms with Crippen LogP contribution < -0.4 is 10.2 Å². The lowest BCUT2D eigenvalue weighted by Crippen LogP contribution is -2.39. The Morgan fingerprint density at radius 3 is 2.38 bits per heavy atom. The van der Waals surface area contributed by atoms with Crippen LogP contribution >= 0.6 is 0 Å². The third kappa shape index (κ3) is 6.17. The number of imide groups is 1. The Hall–Kier alpha value is -2.70. The second-order valence-corrected chi connectivity index (χ2v) is 8.54. The van der Waals surface area contributed by atoms with Crippen LogP contribution in [0.5, 0.6) is 0 Å². The monoisotopic (exact) mass is 436 g/mol. The first-order valence-electron chi connectivity index (χ1n) is 11.6. The zero-order valence-corrected chi connectivity index (χ0v) is 18.5. The molecule has 0 aliphatic carbocycles. The van der Waals surface area contributed by atoms with E-state index in [2.05, 4.69) is 34.5 Å². The molecule has 2 aliphatic rings. The Balaban J connectivity index is 1.13. The van der Waals surface area contributed by atoms with Gasteiger partial charge in [0.2, 0.25) is 11.8 Å². The number of amides is 2. The van der Waals surface area contributed by atoms with Gasteiger partial charge in [0, 0.05) is 38.4 Å². The van der Waals surface area contributed by atoms with Gasteiger partial charge < -0.3 is 14.4 Å². The SMILES string of the molecule is O=C1CCC(c2ccc(N3CCC(OCCCOCc4ccccc4)CC3)cc2)C(=O)N1. The van der Waals surface area contributed by atoms with Gasteiger partial charge in [-0.05, 0) is 48.9 Å². The summed E-state index contributed by atoms with van der Waals surface area (Å²) in [5, 5.41) is 2.44. The first-order valence-corrected chi connectivity index (χ1v) is 11.6. The highest BCUT2D eigenvalue weighted by Crippen LogP contribution is 2.28. The highest BCUT2D eigenvalue weighted by Gasteiger charge is 2.28. The second-order valence-electron chi connectivity index (χ2n) is 8.54. The number of rotatable bonds is 9. The molecule has 6 heteroatoms. The third-order valence-corrected chi connectivity index (χ3v) is 6.24. The van der Waals surface area contributed by atoms with Crippen LogP contribution in [-0.4, -0.2) is 44.2 Å². The molecule has 0 radical (unpaired) electrons. The molecule has 2 fully saturated rings. The van der Waals surface area contributed by atoms with Crippen molar-refractivity contribution >= 4 is 17.5 Å². The quantitative estimate of drug-likeness (QED) is 0.478. The fourth-order valence-corrected chi connectivity index (χ4v) is 4.38. The molecular weight excluding hydrogens is 404 g/mol. The number of carbonyl (C=O) groups is 2. The molecule has 2 aromatic carbocycles. The van der Waals surface area contributed by atoms with Gasteiger partial charge in [0.05, 0.1) is 18.6 Å². The summed E-state index contributed by atoms with van der Waals surface area (Å²) in [5.74, 6) is -0.581. The number of hydrogen-bond acceptors (Lipinski definition) is 5. The molecule has 2 aromatic rings. The van der Waals surface area contributed by atoms with Gasteiger partial charge in [-0.25, -0.2) is 0 Å². The van der Waals surface area contributed by atoms with Crippen molar-refractivity contribution in [3.05, 3.63) is 65.7 Å². The van der Waals surface area contributed by atoms with E-state index in [4.69, 9.17) is 9.47 Å². The van der Waals surface area contributed by atoms with Crippen molar-refractivity contribution in [2.45, 2.75) is 50.7 Å². The zero-order valence-electron chi connectivity index (χ0n) is 18.5. The summed E-state index contributed by atoms with van der Waals surface area (Å²) in [7, 11) is 0. The van der Waals surface area contributed by atoms with Crippen LogP contribution in [0.4, 0.5) is 5.69 Å². The highest BCUT2D eigenvalue weighted by atomic mass is 16.5. The Bertz CT molecular complexity index is 876. The fraction of sp³-hybridized carbons (Fsp3) is 0.462. The van der Waals surface area contributed by atoms with Crippen molar-refractivity contribution < 1.29 is 19.1 Å². The Kier molecular flexibility index (Phi) is 7.91. The van der Waals surface area contributed by atoms with Crippen LogP contribution in [0.3, 0.4) is 0 Å². The van der Waals surface area contributed by atoms with Gasteiger partial charge in [-0.15, -0.1) is 0 Å². The van der Waals surface area contributed by atoms with Crippen LogP contribution in [0.15, 0.2) is 54.6 Å². The fourth-order valence-electron chi connectivity index (χ4n) is 4.38. The molecule has 2 saturated heterocycles. The number of piperidine rings is 2. The minimum Gasteiger partial charge on any atom is -0.378 e. The minimum absolute atomic E-state index is 0.173. The van der Waals surface area contributed by atoms with Crippen LogP contribution in [0.1, 0.15) is 49.1 Å². The van der Waals surface area contributed by atoms with E-state index >= 15 is 0 Å². The Morgan fingerprint density at radius 1 is 0.906 bits per heavy atom. The molecule has 1 unspecified atom stereocenters. The first kappa shape index (κ1) is 22.5. The molecule has 2 aliphatic heterocycles. The van der Waals surface area contributed by atoms with Gasteiger partial charge >= 0.3 is 0 Å². The van der Waals surface area contributed by atoms with E-state index in [0.717, 1.165) is 44.5 Å². The molecule has 1 atom stereocenters. The maximum Gasteiger partial charge on any atom is 0.234 e. The smallest absolute Gasteiger partial charge is 0.234 e. The summed E-state index contributed by atoms with van der Waals surface area (Å²) in [6.45, 7) is 4.04. The topological polar surface area (TPSA) is 67.9 Å². The molecule has 0 bridgehead atoms. The van der Waals surface area contributed by atoms with Crippen LogP contribution in [0, 0.1) is 0 Å². The summed E-state index contributed by atoms with van der Waals surface area (Å²) in [5.41, 5.74) is 3.35. The Labute approximate surface area is 189 Å². The molecule has 2 heterocycles. The molecule has 170 valence electrons. The molecule has 0 aromatic heterocycles.